The van der Waals surface area contributed by atoms with Gasteiger partial charge in [0.2, 0.25) is 5.75 Å². The number of carboxylic acid groups (broad SMARTS) is 1. The molecule has 0 heterocycles. The summed E-state index contributed by atoms with van der Waals surface area (Å²) in [6, 6.07) is 22.6. The Morgan fingerprint density at radius 2 is 1.37 bits per heavy atom. The van der Waals surface area contributed by atoms with E-state index in [0.717, 1.165) is 33.3 Å². The van der Waals surface area contributed by atoms with Crippen LogP contribution in [0.25, 0.3) is 10.8 Å². The Balaban J connectivity index is 1.60. The molecule has 0 radical (unpaired) electrons. The summed E-state index contributed by atoms with van der Waals surface area (Å²) in [4.78, 5) is 30.8. The lowest BCUT2D eigenvalue weighted by Gasteiger charge is -2.09. The molecular weight excluding hydrogens is 484 g/mol. The number of carbonyl (C=O) groups is 1. The van der Waals surface area contributed by atoms with Gasteiger partial charge in [-0.2, -0.15) is 4.89 Å². The molecule has 0 bridgehead atoms. The van der Waals surface area contributed by atoms with Gasteiger partial charge in [-0.1, -0.05) is 36.4 Å². The fourth-order valence-electron chi connectivity index (χ4n) is 3.90. The maximum Gasteiger partial charge on any atom is 0.307 e. The zero-order chi connectivity index (χ0) is 26.9. The molecule has 194 valence electrons. The third-order valence-corrected chi connectivity index (χ3v) is 5.69. The van der Waals surface area contributed by atoms with Crippen LogP contribution in [0.2, 0.25) is 0 Å². The van der Waals surface area contributed by atoms with Crippen LogP contribution in [0, 0.1) is 0 Å². The molecule has 0 aliphatic rings. The average molecular weight is 513 g/mol. The van der Waals surface area contributed by atoms with Gasteiger partial charge in [0.25, 0.3) is 0 Å². The summed E-state index contributed by atoms with van der Waals surface area (Å²) in [6.45, 7) is 2.26. The molecule has 4 aromatic carbocycles. The normalized spacial score (nSPS) is 11.3. The maximum absolute atomic E-state index is 11.1. The minimum absolute atomic E-state index is 0.106. The molecular formula is C30H28N2O6. The Morgan fingerprint density at radius 1 is 0.789 bits per heavy atom. The van der Waals surface area contributed by atoms with Crippen molar-refractivity contribution in [3.63, 3.8) is 0 Å². The van der Waals surface area contributed by atoms with Crippen molar-refractivity contribution in [2.75, 3.05) is 20.8 Å². The molecule has 1 N–H and O–H groups in total. The molecule has 0 saturated heterocycles. The Labute approximate surface area is 220 Å². The molecule has 8 nitrogen and oxygen atoms in total. The SMILES string of the molecule is CCOOc1ccc(C=Nc2cccc3c(N=Cc4ccc(CC(=O)O)c(OC)c4)cccc23)cc1OC. The highest BCUT2D eigenvalue weighted by Gasteiger charge is 2.09. The van der Waals surface area contributed by atoms with Crippen LogP contribution in [0.15, 0.2) is 82.8 Å². The molecule has 0 saturated carbocycles. The van der Waals surface area contributed by atoms with Gasteiger partial charge in [0, 0.05) is 28.8 Å². The van der Waals surface area contributed by atoms with Crippen molar-refractivity contribution in [2.45, 2.75) is 13.3 Å². The quantitative estimate of drug-likeness (QED) is 0.144. The van der Waals surface area contributed by atoms with E-state index in [1.807, 2.05) is 61.5 Å². The van der Waals surface area contributed by atoms with Crippen LogP contribution in [0.3, 0.4) is 0 Å². The van der Waals surface area contributed by atoms with Crippen LogP contribution >= 0.6 is 0 Å². The van der Waals surface area contributed by atoms with Crippen molar-refractivity contribution in [1.29, 1.82) is 0 Å². The zero-order valence-electron chi connectivity index (χ0n) is 21.4. The van der Waals surface area contributed by atoms with E-state index in [0.29, 0.717) is 29.4 Å². The van der Waals surface area contributed by atoms with Crippen LogP contribution in [0.5, 0.6) is 17.2 Å². The van der Waals surface area contributed by atoms with E-state index in [1.54, 1.807) is 37.7 Å². The molecule has 0 aliphatic heterocycles. The van der Waals surface area contributed by atoms with Crippen LogP contribution in [-0.2, 0) is 16.1 Å². The number of methoxy groups -OCH3 is 2. The van der Waals surface area contributed by atoms with Gasteiger partial charge < -0.3 is 19.5 Å². The van der Waals surface area contributed by atoms with E-state index in [-0.39, 0.29) is 6.42 Å². The van der Waals surface area contributed by atoms with Gasteiger partial charge in [0.15, 0.2) is 5.75 Å². The van der Waals surface area contributed by atoms with Crippen LogP contribution in [0.4, 0.5) is 11.4 Å². The van der Waals surface area contributed by atoms with E-state index in [1.165, 1.54) is 7.11 Å². The summed E-state index contributed by atoms with van der Waals surface area (Å²) in [5.41, 5.74) is 3.84. The van der Waals surface area contributed by atoms with E-state index in [4.69, 9.17) is 34.3 Å². The number of aliphatic imine (C=N–C) groups is 2. The van der Waals surface area contributed by atoms with Gasteiger partial charge in [-0.25, -0.2) is 0 Å². The summed E-state index contributed by atoms with van der Waals surface area (Å²) in [7, 11) is 3.09. The number of hydrogen-bond donors (Lipinski definition) is 1. The van der Waals surface area contributed by atoms with Gasteiger partial charge in [-0.05, 0) is 54.4 Å². The number of benzene rings is 4. The molecule has 38 heavy (non-hydrogen) atoms. The fraction of sp³-hybridized carbons (Fsp3) is 0.167. The second-order valence-corrected chi connectivity index (χ2v) is 8.21. The van der Waals surface area contributed by atoms with E-state index in [9.17, 15) is 4.79 Å². The van der Waals surface area contributed by atoms with Gasteiger partial charge in [-0.15, -0.1) is 0 Å². The number of rotatable bonds is 11. The first-order valence-electron chi connectivity index (χ1n) is 12.0. The van der Waals surface area contributed by atoms with Gasteiger partial charge in [0.1, 0.15) is 5.75 Å². The maximum atomic E-state index is 11.1. The molecule has 8 heteroatoms. The summed E-state index contributed by atoms with van der Waals surface area (Å²) in [5.74, 6) is 0.642. The van der Waals surface area contributed by atoms with Crippen molar-refractivity contribution in [3.05, 3.63) is 89.5 Å². The third-order valence-electron chi connectivity index (χ3n) is 5.69. The van der Waals surface area contributed by atoms with Gasteiger partial charge in [0.05, 0.1) is 38.6 Å². The molecule has 0 aromatic heterocycles. The molecule has 4 rings (SSSR count). The summed E-state index contributed by atoms with van der Waals surface area (Å²) in [6.07, 6.45) is 3.39. The van der Waals surface area contributed by atoms with Crippen molar-refractivity contribution in [3.8, 4) is 17.2 Å². The second-order valence-electron chi connectivity index (χ2n) is 8.21. The van der Waals surface area contributed by atoms with Crippen molar-refractivity contribution >= 4 is 40.5 Å². The molecule has 0 unspecified atom stereocenters. The number of ether oxygens (including phenoxy) is 2. The second kappa shape index (κ2) is 12.5. The molecule has 0 atom stereocenters. The molecule has 4 aromatic rings. The van der Waals surface area contributed by atoms with Crippen molar-refractivity contribution < 1.29 is 29.1 Å². The highest BCUT2D eigenvalue weighted by atomic mass is 17.2. The Bertz CT molecular complexity index is 1500. The average Bonchev–Trinajstić information content (AvgIpc) is 2.94. The molecule has 0 aliphatic carbocycles. The van der Waals surface area contributed by atoms with Crippen LogP contribution in [-0.4, -0.2) is 44.3 Å². The van der Waals surface area contributed by atoms with E-state index in [2.05, 4.69) is 0 Å². The summed E-state index contributed by atoms with van der Waals surface area (Å²) < 4.78 is 10.8. The van der Waals surface area contributed by atoms with Gasteiger partial charge in [-0.3, -0.25) is 14.8 Å². The van der Waals surface area contributed by atoms with Crippen molar-refractivity contribution in [2.24, 2.45) is 9.98 Å². The lowest BCUT2D eigenvalue weighted by Crippen LogP contribution is -2.02. The number of hydrogen-bond acceptors (Lipinski definition) is 7. The van der Waals surface area contributed by atoms with Gasteiger partial charge >= 0.3 is 5.97 Å². The summed E-state index contributed by atoms with van der Waals surface area (Å²) in [5, 5.41) is 11.0. The zero-order valence-corrected chi connectivity index (χ0v) is 21.4. The standard InChI is InChI=1S/C30H28N2O6/c1-4-37-38-27-14-12-21(16-29(27)36-3)19-32-26-10-6-7-23-24(26)8-5-9-25(23)31-18-20-11-13-22(17-30(33)34)28(15-20)35-2/h5-16,18-19H,4,17H2,1-3H3,(H,33,34). The minimum Gasteiger partial charge on any atom is -0.496 e. The van der Waals surface area contributed by atoms with E-state index < -0.39 is 5.97 Å². The topological polar surface area (TPSA) is 98.9 Å². The predicted octanol–water partition coefficient (Wildman–Crippen LogP) is 6.32. The molecule has 0 amide bonds. The minimum atomic E-state index is -0.911. The first-order valence-corrected chi connectivity index (χ1v) is 12.0. The lowest BCUT2D eigenvalue weighted by molar-refractivity contribution is -0.203. The Hall–Kier alpha value is -4.69. The van der Waals surface area contributed by atoms with Crippen LogP contribution < -0.4 is 14.4 Å². The highest BCUT2D eigenvalue weighted by molar-refractivity contribution is 6.02. The first-order chi connectivity index (χ1) is 18.5. The summed E-state index contributed by atoms with van der Waals surface area (Å²) >= 11 is 0. The Morgan fingerprint density at radius 3 is 1.92 bits per heavy atom. The molecule has 0 fully saturated rings. The van der Waals surface area contributed by atoms with Crippen LogP contribution in [0.1, 0.15) is 23.6 Å². The highest BCUT2D eigenvalue weighted by Crippen LogP contribution is 2.33. The number of aliphatic carboxylic acids is 1. The Kier molecular flexibility index (Phi) is 8.69. The number of carboxylic acids is 1. The first kappa shape index (κ1) is 26.4. The smallest absolute Gasteiger partial charge is 0.307 e. The van der Waals surface area contributed by atoms with Crippen molar-refractivity contribution in [1.82, 2.24) is 0 Å². The number of nitrogens with zero attached hydrogens (tertiary/aromatic N) is 2. The monoisotopic (exact) mass is 512 g/mol. The largest absolute Gasteiger partial charge is 0.496 e. The lowest BCUT2D eigenvalue weighted by atomic mass is 10.1. The van der Waals surface area contributed by atoms with E-state index >= 15 is 0 Å². The predicted molar refractivity (Wildman–Crippen MR) is 148 cm³/mol. The fourth-order valence-corrected chi connectivity index (χ4v) is 3.90. The molecule has 0 spiro atoms. The number of fused-ring (bicyclic) bond motifs is 1. The third kappa shape index (κ3) is 6.35.